The second-order valence-corrected chi connectivity index (χ2v) is 7.13. The van der Waals surface area contributed by atoms with Crippen LogP contribution >= 0.6 is 0 Å². The first-order valence-corrected chi connectivity index (χ1v) is 9.44. The number of carbonyl (C=O) groups is 1. The fraction of sp³-hybridized carbons (Fsp3) is 0.632. The van der Waals surface area contributed by atoms with Crippen LogP contribution in [0.4, 0.5) is 4.79 Å². The minimum atomic E-state index is 0.240. The maximum Gasteiger partial charge on any atom is 0.320 e. The highest BCUT2D eigenvalue weighted by Gasteiger charge is 2.26. The number of amides is 2. The van der Waals surface area contributed by atoms with E-state index in [1.807, 2.05) is 11.0 Å². The first-order valence-electron chi connectivity index (χ1n) is 9.44. The van der Waals surface area contributed by atoms with E-state index in [4.69, 9.17) is 9.47 Å². The predicted molar refractivity (Wildman–Crippen MR) is 94.9 cm³/mol. The summed E-state index contributed by atoms with van der Waals surface area (Å²) in [6, 6.07) is 6.39. The van der Waals surface area contributed by atoms with Crippen LogP contribution < -0.4 is 9.47 Å². The molecule has 6 nitrogen and oxygen atoms in total. The molecule has 0 aliphatic carbocycles. The van der Waals surface area contributed by atoms with Crippen molar-refractivity contribution >= 4 is 6.03 Å². The van der Waals surface area contributed by atoms with Gasteiger partial charge in [-0.25, -0.2) is 4.79 Å². The van der Waals surface area contributed by atoms with Gasteiger partial charge in [0.1, 0.15) is 0 Å². The van der Waals surface area contributed by atoms with Gasteiger partial charge in [-0.1, -0.05) is 18.9 Å². The van der Waals surface area contributed by atoms with Crippen LogP contribution in [-0.4, -0.2) is 66.8 Å². The van der Waals surface area contributed by atoms with Gasteiger partial charge >= 0.3 is 6.03 Å². The lowest BCUT2D eigenvalue weighted by Gasteiger charge is -2.37. The van der Waals surface area contributed by atoms with E-state index in [0.29, 0.717) is 6.79 Å². The molecule has 4 rings (SSSR count). The van der Waals surface area contributed by atoms with E-state index in [-0.39, 0.29) is 6.03 Å². The fourth-order valence-electron chi connectivity index (χ4n) is 3.86. The standard InChI is InChI=1S/C19H27N3O3/c23-19(21-7-3-1-2-4-8-21)22-11-9-20(10-12-22)14-16-5-6-17-18(13-16)25-15-24-17/h5-6,13H,1-4,7-12,14-15H2. The van der Waals surface area contributed by atoms with Crippen LogP contribution in [0.1, 0.15) is 31.2 Å². The molecule has 0 radical (unpaired) electrons. The van der Waals surface area contributed by atoms with Gasteiger partial charge in [0.05, 0.1) is 0 Å². The van der Waals surface area contributed by atoms with Crippen molar-refractivity contribution in [2.75, 3.05) is 46.1 Å². The minimum absolute atomic E-state index is 0.240. The molecular weight excluding hydrogens is 318 g/mol. The summed E-state index contributed by atoms with van der Waals surface area (Å²) in [5, 5.41) is 0. The van der Waals surface area contributed by atoms with Crippen LogP contribution in [0.3, 0.4) is 0 Å². The number of piperazine rings is 1. The van der Waals surface area contributed by atoms with Crippen LogP contribution in [0, 0.1) is 0 Å². The maximum atomic E-state index is 12.7. The lowest BCUT2D eigenvalue weighted by atomic mass is 10.1. The Kier molecular flexibility index (Phi) is 4.97. The maximum absolute atomic E-state index is 12.7. The highest BCUT2D eigenvalue weighted by molar-refractivity contribution is 5.74. The Morgan fingerprint density at radius 3 is 2.28 bits per heavy atom. The normalized spacial score (nSPS) is 21.3. The Hall–Kier alpha value is -1.95. The lowest BCUT2D eigenvalue weighted by Crippen LogP contribution is -2.52. The smallest absolute Gasteiger partial charge is 0.320 e. The summed E-state index contributed by atoms with van der Waals surface area (Å²) in [7, 11) is 0. The van der Waals surface area contributed by atoms with Gasteiger partial charge in [-0.2, -0.15) is 0 Å². The predicted octanol–water partition coefficient (Wildman–Crippen LogP) is 2.53. The summed E-state index contributed by atoms with van der Waals surface area (Å²) in [5.74, 6) is 1.67. The molecule has 2 amide bonds. The Balaban J connectivity index is 1.28. The van der Waals surface area contributed by atoms with Gasteiger partial charge in [0.15, 0.2) is 11.5 Å². The number of hydrogen-bond acceptors (Lipinski definition) is 4. The molecule has 3 heterocycles. The van der Waals surface area contributed by atoms with Gasteiger partial charge in [0, 0.05) is 45.8 Å². The molecule has 1 aromatic carbocycles. The lowest BCUT2D eigenvalue weighted by molar-refractivity contribution is 0.110. The van der Waals surface area contributed by atoms with Crippen LogP contribution in [0.5, 0.6) is 11.5 Å². The van der Waals surface area contributed by atoms with E-state index >= 15 is 0 Å². The number of hydrogen-bond donors (Lipinski definition) is 0. The van der Waals surface area contributed by atoms with Crippen molar-refractivity contribution in [1.29, 1.82) is 0 Å². The molecule has 25 heavy (non-hydrogen) atoms. The first-order chi connectivity index (χ1) is 12.3. The molecule has 3 aliphatic heterocycles. The number of fused-ring (bicyclic) bond motifs is 1. The van der Waals surface area contributed by atoms with Crippen molar-refractivity contribution < 1.29 is 14.3 Å². The zero-order valence-corrected chi connectivity index (χ0v) is 14.8. The Labute approximate surface area is 149 Å². The topological polar surface area (TPSA) is 45.3 Å². The van der Waals surface area contributed by atoms with Crippen molar-refractivity contribution in [3.63, 3.8) is 0 Å². The molecule has 0 bridgehead atoms. The summed E-state index contributed by atoms with van der Waals surface area (Å²) >= 11 is 0. The number of rotatable bonds is 2. The highest BCUT2D eigenvalue weighted by Crippen LogP contribution is 2.32. The number of ether oxygens (including phenoxy) is 2. The fourth-order valence-corrected chi connectivity index (χ4v) is 3.86. The van der Waals surface area contributed by atoms with E-state index in [0.717, 1.165) is 70.2 Å². The molecule has 6 heteroatoms. The molecule has 0 unspecified atom stereocenters. The third-order valence-corrected chi connectivity index (χ3v) is 5.36. The molecule has 0 atom stereocenters. The summed E-state index contributed by atoms with van der Waals surface area (Å²) in [6.07, 6.45) is 4.81. The third-order valence-electron chi connectivity index (χ3n) is 5.36. The van der Waals surface area contributed by atoms with E-state index < -0.39 is 0 Å². The van der Waals surface area contributed by atoms with Crippen LogP contribution in [0.25, 0.3) is 0 Å². The monoisotopic (exact) mass is 345 g/mol. The van der Waals surface area contributed by atoms with Crippen LogP contribution in [-0.2, 0) is 6.54 Å². The van der Waals surface area contributed by atoms with Crippen molar-refractivity contribution in [1.82, 2.24) is 14.7 Å². The summed E-state index contributed by atoms with van der Waals surface area (Å²) in [5.41, 5.74) is 1.23. The zero-order chi connectivity index (χ0) is 17.1. The van der Waals surface area contributed by atoms with E-state index in [1.54, 1.807) is 0 Å². The van der Waals surface area contributed by atoms with Crippen molar-refractivity contribution in [3.8, 4) is 11.5 Å². The average Bonchev–Trinajstić information content (AvgIpc) is 2.94. The van der Waals surface area contributed by atoms with E-state index in [9.17, 15) is 4.79 Å². The summed E-state index contributed by atoms with van der Waals surface area (Å²) < 4.78 is 10.8. The van der Waals surface area contributed by atoms with Crippen molar-refractivity contribution in [2.24, 2.45) is 0 Å². The van der Waals surface area contributed by atoms with Gasteiger partial charge in [-0.05, 0) is 30.5 Å². The van der Waals surface area contributed by atoms with Crippen LogP contribution in [0.15, 0.2) is 18.2 Å². The van der Waals surface area contributed by atoms with Gasteiger partial charge in [-0.15, -0.1) is 0 Å². The molecule has 0 aromatic heterocycles. The molecule has 1 aromatic rings. The van der Waals surface area contributed by atoms with E-state index in [1.165, 1.54) is 18.4 Å². The number of urea groups is 1. The largest absolute Gasteiger partial charge is 0.454 e. The molecule has 0 saturated carbocycles. The van der Waals surface area contributed by atoms with Crippen molar-refractivity contribution in [3.05, 3.63) is 23.8 Å². The highest BCUT2D eigenvalue weighted by atomic mass is 16.7. The van der Waals surface area contributed by atoms with Crippen LogP contribution in [0.2, 0.25) is 0 Å². The second-order valence-electron chi connectivity index (χ2n) is 7.13. The Morgan fingerprint density at radius 1 is 0.840 bits per heavy atom. The van der Waals surface area contributed by atoms with Gasteiger partial charge in [0.25, 0.3) is 0 Å². The third kappa shape index (κ3) is 3.84. The molecule has 0 N–H and O–H groups in total. The average molecular weight is 345 g/mol. The van der Waals surface area contributed by atoms with Gasteiger partial charge in [-0.3, -0.25) is 4.90 Å². The summed E-state index contributed by atoms with van der Waals surface area (Å²) in [6.45, 7) is 6.55. The summed E-state index contributed by atoms with van der Waals surface area (Å²) in [4.78, 5) is 19.2. The minimum Gasteiger partial charge on any atom is -0.454 e. The van der Waals surface area contributed by atoms with E-state index in [2.05, 4.69) is 21.9 Å². The Morgan fingerprint density at radius 2 is 1.52 bits per heavy atom. The number of likely N-dealkylation sites (tertiary alicyclic amines) is 1. The quantitative estimate of drug-likeness (QED) is 0.826. The molecule has 2 fully saturated rings. The number of carbonyl (C=O) groups excluding carboxylic acids is 1. The number of benzene rings is 1. The Bertz CT molecular complexity index is 606. The van der Waals surface area contributed by atoms with Crippen molar-refractivity contribution in [2.45, 2.75) is 32.2 Å². The molecule has 2 saturated heterocycles. The molecule has 136 valence electrons. The number of nitrogens with zero attached hydrogens (tertiary/aromatic N) is 3. The van der Waals surface area contributed by atoms with Gasteiger partial charge in [0.2, 0.25) is 6.79 Å². The van der Waals surface area contributed by atoms with Gasteiger partial charge < -0.3 is 19.3 Å². The molecule has 0 spiro atoms. The molecular formula is C19H27N3O3. The SMILES string of the molecule is O=C(N1CCCCCC1)N1CCN(Cc2ccc3c(c2)OCO3)CC1. The zero-order valence-electron chi connectivity index (χ0n) is 14.8. The second kappa shape index (κ2) is 7.52. The molecule has 3 aliphatic rings. The first kappa shape index (κ1) is 16.5.